The van der Waals surface area contributed by atoms with Crippen LogP contribution in [-0.2, 0) is 13.0 Å². The number of ether oxygens (including phenoxy) is 2. The first-order chi connectivity index (χ1) is 16.0. The van der Waals surface area contributed by atoms with E-state index in [1.165, 1.54) is 42.8 Å². The van der Waals surface area contributed by atoms with E-state index in [2.05, 4.69) is 20.0 Å². The SMILES string of the molecule is COc1ccc(OC)c(CNC2CC3(C2)CC(Nc2nc(Cc4ccc(Cl)cc4)ns2)C3)c1. The summed E-state index contributed by atoms with van der Waals surface area (Å²) >= 11 is 7.42. The van der Waals surface area contributed by atoms with Gasteiger partial charge in [0.2, 0.25) is 5.13 Å². The Morgan fingerprint density at radius 1 is 1.03 bits per heavy atom. The molecule has 0 saturated heterocycles. The maximum Gasteiger partial charge on any atom is 0.202 e. The zero-order chi connectivity index (χ0) is 22.8. The molecular formula is C25H29ClN4O2S. The van der Waals surface area contributed by atoms with Crippen LogP contribution >= 0.6 is 23.1 Å². The highest BCUT2D eigenvalue weighted by Crippen LogP contribution is 2.56. The van der Waals surface area contributed by atoms with E-state index < -0.39 is 0 Å². The first-order valence-electron chi connectivity index (χ1n) is 11.3. The molecule has 1 heterocycles. The third kappa shape index (κ3) is 5.10. The van der Waals surface area contributed by atoms with E-state index in [0.29, 0.717) is 17.5 Å². The molecule has 2 N–H and O–H groups in total. The van der Waals surface area contributed by atoms with Gasteiger partial charge >= 0.3 is 0 Å². The number of rotatable bonds is 9. The van der Waals surface area contributed by atoms with Crippen molar-refractivity contribution in [2.24, 2.45) is 5.41 Å². The molecule has 1 aromatic heterocycles. The summed E-state index contributed by atoms with van der Waals surface area (Å²) in [4.78, 5) is 4.68. The maximum absolute atomic E-state index is 5.96. The van der Waals surface area contributed by atoms with Crippen molar-refractivity contribution in [3.05, 3.63) is 64.4 Å². The van der Waals surface area contributed by atoms with Gasteiger partial charge in [0, 0.05) is 47.2 Å². The van der Waals surface area contributed by atoms with Crippen molar-refractivity contribution in [2.75, 3.05) is 19.5 Å². The molecule has 5 rings (SSSR count). The average Bonchev–Trinajstić information content (AvgIpc) is 3.22. The number of methoxy groups -OCH3 is 2. The van der Waals surface area contributed by atoms with Crippen molar-refractivity contribution in [3.8, 4) is 11.5 Å². The smallest absolute Gasteiger partial charge is 0.202 e. The van der Waals surface area contributed by atoms with Crippen LogP contribution in [0.3, 0.4) is 0 Å². The van der Waals surface area contributed by atoms with Crippen LogP contribution in [0.5, 0.6) is 11.5 Å². The Bertz CT molecular complexity index is 1090. The number of hydrogen-bond donors (Lipinski definition) is 2. The molecule has 2 aromatic carbocycles. The Kier molecular flexibility index (Phi) is 6.45. The molecule has 0 atom stereocenters. The van der Waals surface area contributed by atoms with Crippen LogP contribution in [0.25, 0.3) is 0 Å². The average molecular weight is 485 g/mol. The summed E-state index contributed by atoms with van der Waals surface area (Å²) in [7, 11) is 3.40. The molecule has 1 spiro atoms. The molecule has 0 amide bonds. The fourth-order valence-electron chi connectivity index (χ4n) is 5.17. The Labute approximate surface area is 203 Å². The second kappa shape index (κ2) is 9.49. The van der Waals surface area contributed by atoms with Gasteiger partial charge in [-0.25, -0.2) is 4.98 Å². The van der Waals surface area contributed by atoms with E-state index in [0.717, 1.165) is 46.0 Å². The first-order valence-corrected chi connectivity index (χ1v) is 12.5. The van der Waals surface area contributed by atoms with Crippen molar-refractivity contribution in [2.45, 2.75) is 50.7 Å². The van der Waals surface area contributed by atoms with Crippen molar-refractivity contribution in [1.82, 2.24) is 14.7 Å². The lowest BCUT2D eigenvalue weighted by Crippen LogP contribution is -2.58. The molecule has 2 aliphatic carbocycles. The fourth-order valence-corrected chi connectivity index (χ4v) is 5.96. The van der Waals surface area contributed by atoms with E-state index in [4.69, 9.17) is 21.1 Å². The molecule has 0 bridgehead atoms. The van der Waals surface area contributed by atoms with Crippen molar-refractivity contribution in [3.63, 3.8) is 0 Å². The van der Waals surface area contributed by atoms with Gasteiger partial charge in [-0.05, 0) is 67.0 Å². The Balaban J connectivity index is 1.05. The molecule has 2 saturated carbocycles. The van der Waals surface area contributed by atoms with Crippen molar-refractivity contribution < 1.29 is 9.47 Å². The minimum absolute atomic E-state index is 0.491. The zero-order valence-corrected chi connectivity index (χ0v) is 20.5. The van der Waals surface area contributed by atoms with Gasteiger partial charge in [0.15, 0.2) is 0 Å². The molecule has 2 aliphatic rings. The number of benzene rings is 2. The van der Waals surface area contributed by atoms with Crippen LogP contribution in [0, 0.1) is 5.41 Å². The third-order valence-corrected chi connectivity index (χ3v) is 7.79. The van der Waals surface area contributed by atoms with Crippen LogP contribution in [-0.4, -0.2) is 35.7 Å². The summed E-state index contributed by atoms with van der Waals surface area (Å²) in [5, 5.41) is 8.96. The van der Waals surface area contributed by atoms with Gasteiger partial charge in [-0.3, -0.25) is 0 Å². The third-order valence-electron chi connectivity index (χ3n) is 6.86. The lowest BCUT2D eigenvalue weighted by molar-refractivity contribution is -0.0126. The molecule has 0 radical (unpaired) electrons. The molecule has 8 heteroatoms. The fraction of sp³-hybridized carbons (Fsp3) is 0.440. The van der Waals surface area contributed by atoms with Crippen LogP contribution in [0.4, 0.5) is 5.13 Å². The van der Waals surface area contributed by atoms with Gasteiger partial charge in [-0.15, -0.1) is 0 Å². The molecule has 2 fully saturated rings. The highest BCUT2D eigenvalue weighted by Gasteiger charge is 2.52. The topological polar surface area (TPSA) is 68.3 Å². The van der Waals surface area contributed by atoms with Gasteiger partial charge in [0.25, 0.3) is 0 Å². The van der Waals surface area contributed by atoms with Crippen LogP contribution < -0.4 is 20.1 Å². The predicted octanol–water partition coefficient (Wildman–Crippen LogP) is 5.31. The number of aromatic nitrogens is 2. The van der Waals surface area contributed by atoms with Gasteiger partial charge in [0.1, 0.15) is 17.3 Å². The van der Waals surface area contributed by atoms with Gasteiger partial charge in [-0.1, -0.05) is 23.7 Å². The van der Waals surface area contributed by atoms with Crippen LogP contribution in [0.2, 0.25) is 5.02 Å². The lowest BCUT2D eigenvalue weighted by atomic mass is 9.52. The van der Waals surface area contributed by atoms with E-state index >= 15 is 0 Å². The van der Waals surface area contributed by atoms with Crippen LogP contribution in [0.15, 0.2) is 42.5 Å². The monoisotopic (exact) mass is 484 g/mol. The molecule has 0 unspecified atom stereocenters. The summed E-state index contributed by atoms with van der Waals surface area (Å²) in [5.41, 5.74) is 2.80. The van der Waals surface area contributed by atoms with Crippen molar-refractivity contribution in [1.29, 1.82) is 0 Å². The summed E-state index contributed by atoms with van der Waals surface area (Å²) in [6, 6.07) is 14.9. The number of nitrogens with one attached hydrogen (secondary N) is 2. The summed E-state index contributed by atoms with van der Waals surface area (Å²) in [5.74, 6) is 2.62. The summed E-state index contributed by atoms with van der Waals surface area (Å²) < 4.78 is 15.4. The molecular weight excluding hydrogens is 456 g/mol. The second-order valence-electron chi connectivity index (χ2n) is 9.23. The first kappa shape index (κ1) is 22.4. The Morgan fingerprint density at radius 2 is 1.79 bits per heavy atom. The van der Waals surface area contributed by atoms with Crippen molar-refractivity contribution >= 4 is 28.3 Å². The summed E-state index contributed by atoms with van der Waals surface area (Å²) in [6.07, 6.45) is 5.61. The maximum atomic E-state index is 5.96. The molecule has 0 aliphatic heterocycles. The van der Waals surface area contributed by atoms with Gasteiger partial charge in [0.05, 0.1) is 14.2 Å². The largest absolute Gasteiger partial charge is 0.497 e. The minimum atomic E-state index is 0.491. The standard InChI is InChI=1S/C25H29ClN4O2S/c1-31-21-7-8-22(32-2)17(10-21)15-27-19-11-25(12-19)13-20(14-25)28-24-29-23(30-33-24)9-16-3-5-18(26)6-4-16/h3-8,10,19-20,27H,9,11-15H2,1-2H3,(H,28,29,30). The quantitative estimate of drug-likeness (QED) is 0.429. The number of hydrogen-bond acceptors (Lipinski definition) is 7. The Hall–Kier alpha value is -2.35. The van der Waals surface area contributed by atoms with E-state index in [1.807, 2.05) is 42.5 Å². The lowest BCUT2D eigenvalue weighted by Gasteiger charge is -2.58. The molecule has 6 nitrogen and oxygen atoms in total. The molecule has 3 aromatic rings. The van der Waals surface area contributed by atoms with Gasteiger partial charge < -0.3 is 20.1 Å². The number of halogens is 1. The minimum Gasteiger partial charge on any atom is -0.497 e. The van der Waals surface area contributed by atoms with E-state index in [9.17, 15) is 0 Å². The predicted molar refractivity (Wildman–Crippen MR) is 133 cm³/mol. The molecule has 174 valence electrons. The van der Waals surface area contributed by atoms with E-state index in [1.54, 1.807) is 14.2 Å². The number of nitrogens with zero attached hydrogens (tertiary/aromatic N) is 2. The molecule has 33 heavy (non-hydrogen) atoms. The highest BCUT2D eigenvalue weighted by molar-refractivity contribution is 7.09. The van der Waals surface area contributed by atoms with Crippen LogP contribution in [0.1, 0.15) is 42.6 Å². The second-order valence-corrected chi connectivity index (χ2v) is 10.4. The number of anilines is 1. The van der Waals surface area contributed by atoms with E-state index in [-0.39, 0.29) is 0 Å². The van der Waals surface area contributed by atoms with Gasteiger partial charge in [-0.2, -0.15) is 4.37 Å². The summed E-state index contributed by atoms with van der Waals surface area (Å²) in [6.45, 7) is 0.796. The zero-order valence-electron chi connectivity index (χ0n) is 18.9. The Morgan fingerprint density at radius 3 is 2.52 bits per heavy atom. The normalized spacial score (nSPS) is 23.6. The highest BCUT2D eigenvalue weighted by atomic mass is 35.5.